The monoisotopic (exact) mass is 405 g/mol. The molecule has 0 radical (unpaired) electrons. The number of benzene rings is 1. The average molecular weight is 406 g/mol. The second-order valence-electron chi connectivity index (χ2n) is 8.44. The Balaban J connectivity index is 1.38. The Bertz CT molecular complexity index is 779. The van der Waals surface area contributed by atoms with E-state index in [1.807, 2.05) is 11.0 Å². The highest BCUT2D eigenvalue weighted by molar-refractivity contribution is 7.89. The Morgan fingerprint density at radius 3 is 2.46 bits per heavy atom. The third kappa shape index (κ3) is 4.58. The summed E-state index contributed by atoms with van der Waals surface area (Å²) in [6.07, 6.45) is 5.24. The average Bonchev–Trinajstić information content (AvgIpc) is 3.56. The van der Waals surface area contributed by atoms with Gasteiger partial charge in [-0.15, -0.1) is 0 Å². The third-order valence-corrected chi connectivity index (χ3v) is 8.11. The van der Waals surface area contributed by atoms with Crippen LogP contribution in [0.25, 0.3) is 0 Å². The molecule has 1 aromatic rings. The fourth-order valence-corrected chi connectivity index (χ4v) is 5.95. The Kier molecular flexibility index (Phi) is 6.04. The van der Waals surface area contributed by atoms with Crippen molar-refractivity contribution in [1.29, 1.82) is 0 Å². The number of amides is 1. The van der Waals surface area contributed by atoms with E-state index in [0.717, 1.165) is 51.4 Å². The third-order valence-electron chi connectivity index (χ3n) is 6.23. The smallest absolute Gasteiger partial charge is 0.243 e. The fourth-order valence-electron chi connectivity index (χ4n) is 4.40. The molecule has 0 N–H and O–H groups in total. The maximum absolute atomic E-state index is 13.1. The molecule has 4 rings (SSSR count). The van der Waals surface area contributed by atoms with Gasteiger partial charge in [0.1, 0.15) is 0 Å². The number of carbonyl (C=O) groups excluding carboxylic acids is 1. The molecule has 154 valence electrons. The Labute approximate surface area is 168 Å². The van der Waals surface area contributed by atoms with E-state index >= 15 is 0 Å². The van der Waals surface area contributed by atoms with Crippen molar-refractivity contribution >= 4 is 15.9 Å². The maximum Gasteiger partial charge on any atom is 0.243 e. The number of carbonyl (C=O) groups is 1. The molecule has 7 heteroatoms. The molecule has 6 nitrogen and oxygen atoms in total. The lowest BCUT2D eigenvalue weighted by Gasteiger charge is -2.34. The van der Waals surface area contributed by atoms with Crippen molar-refractivity contribution in [3.05, 3.63) is 30.3 Å². The molecule has 2 saturated heterocycles. The van der Waals surface area contributed by atoms with E-state index in [9.17, 15) is 13.2 Å². The molecule has 28 heavy (non-hydrogen) atoms. The van der Waals surface area contributed by atoms with Crippen molar-refractivity contribution in [1.82, 2.24) is 14.1 Å². The number of rotatable bonds is 5. The molecule has 1 aliphatic carbocycles. The lowest BCUT2D eigenvalue weighted by molar-refractivity contribution is -0.136. The minimum absolute atomic E-state index is 0.140. The first-order valence-electron chi connectivity index (χ1n) is 10.6. The van der Waals surface area contributed by atoms with Crippen LogP contribution in [0.4, 0.5) is 0 Å². The normalized spacial score (nSPS) is 25.4. The number of hydrogen-bond donors (Lipinski definition) is 0. The number of piperidine rings is 1. The van der Waals surface area contributed by atoms with Crippen molar-refractivity contribution in [2.24, 2.45) is 11.8 Å². The first kappa shape index (κ1) is 19.9. The lowest BCUT2D eigenvalue weighted by Crippen LogP contribution is -2.47. The topological polar surface area (TPSA) is 60.9 Å². The minimum atomic E-state index is -3.53. The van der Waals surface area contributed by atoms with E-state index in [1.165, 1.54) is 23.7 Å². The molecule has 1 unspecified atom stereocenters. The van der Waals surface area contributed by atoms with Crippen LogP contribution in [-0.4, -0.2) is 74.2 Å². The van der Waals surface area contributed by atoms with Crippen molar-refractivity contribution in [3.8, 4) is 0 Å². The van der Waals surface area contributed by atoms with Gasteiger partial charge < -0.3 is 9.80 Å². The van der Waals surface area contributed by atoms with Crippen LogP contribution in [0.15, 0.2) is 35.2 Å². The molecular weight excluding hydrogens is 374 g/mol. The molecule has 0 aromatic heterocycles. The van der Waals surface area contributed by atoms with Crippen molar-refractivity contribution < 1.29 is 13.2 Å². The van der Waals surface area contributed by atoms with E-state index in [2.05, 4.69) is 4.90 Å². The van der Waals surface area contributed by atoms with Crippen LogP contribution in [0.5, 0.6) is 0 Å². The van der Waals surface area contributed by atoms with Crippen LogP contribution in [0.2, 0.25) is 0 Å². The second kappa shape index (κ2) is 8.51. The van der Waals surface area contributed by atoms with Gasteiger partial charge in [-0.1, -0.05) is 18.2 Å². The van der Waals surface area contributed by atoms with E-state index in [-0.39, 0.29) is 11.8 Å². The first-order valence-corrected chi connectivity index (χ1v) is 12.0. The molecule has 1 amide bonds. The van der Waals surface area contributed by atoms with Gasteiger partial charge in [0.2, 0.25) is 15.9 Å². The van der Waals surface area contributed by atoms with Crippen LogP contribution in [-0.2, 0) is 14.8 Å². The number of hydrogen-bond acceptors (Lipinski definition) is 4. The summed E-state index contributed by atoms with van der Waals surface area (Å²) in [6.45, 7) is 5.55. The summed E-state index contributed by atoms with van der Waals surface area (Å²) in [5.74, 6) is 0.792. The van der Waals surface area contributed by atoms with Gasteiger partial charge in [-0.3, -0.25) is 4.79 Å². The molecular formula is C21H31N3O3S. The van der Waals surface area contributed by atoms with Gasteiger partial charge in [0.15, 0.2) is 0 Å². The van der Waals surface area contributed by atoms with E-state index in [1.54, 1.807) is 24.3 Å². The SMILES string of the molecule is O=C(C1CCCN(S(=O)(=O)c2ccccc2)C1)N1CCCN(CC2CC2)CC1. The highest BCUT2D eigenvalue weighted by Gasteiger charge is 2.35. The quantitative estimate of drug-likeness (QED) is 0.752. The van der Waals surface area contributed by atoms with E-state index < -0.39 is 10.0 Å². The van der Waals surface area contributed by atoms with E-state index in [4.69, 9.17) is 0 Å². The molecule has 1 atom stereocenters. The highest BCUT2D eigenvalue weighted by atomic mass is 32.2. The van der Waals surface area contributed by atoms with E-state index in [0.29, 0.717) is 18.0 Å². The summed E-state index contributed by atoms with van der Waals surface area (Å²) >= 11 is 0. The minimum Gasteiger partial charge on any atom is -0.341 e. The molecule has 2 heterocycles. The standard InChI is InChI=1S/C21H31N3O3S/c25-21(23-12-5-11-22(14-15-23)16-18-9-10-18)19-6-4-13-24(17-19)28(26,27)20-7-2-1-3-8-20/h1-3,7-8,18-19H,4-6,9-17H2. The largest absolute Gasteiger partial charge is 0.341 e. The predicted octanol–water partition coefficient (Wildman–Crippen LogP) is 2.03. The Hall–Kier alpha value is -1.44. The highest BCUT2D eigenvalue weighted by Crippen LogP contribution is 2.30. The second-order valence-corrected chi connectivity index (χ2v) is 10.4. The molecule has 2 aliphatic heterocycles. The van der Waals surface area contributed by atoms with Gasteiger partial charge in [0, 0.05) is 39.3 Å². The van der Waals surface area contributed by atoms with Gasteiger partial charge in [-0.05, 0) is 56.7 Å². The summed E-state index contributed by atoms with van der Waals surface area (Å²) in [7, 11) is -3.53. The molecule has 1 aromatic carbocycles. The molecule has 1 saturated carbocycles. The van der Waals surface area contributed by atoms with Gasteiger partial charge in [0.25, 0.3) is 0 Å². The molecule has 0 bridgehead atoms. The predicted molar refractivity (Wildman–Crippen MR) is 108 cm³/mol. The van der Waals surface area contributed by atoms with Gasteiger partial charge in [0.05, 0.1) is 10.8 Å². The fraction of sp³-hybridized carbons (Fsp3) is 0.667. The molecule has 0 spiro atoms. The molecule has 3 fully saturated rings. The summed E-state index contributed by atoms with van der Waals surface area (Å²) < 4.78 is 27.4. The van der Waals surface area contributed by atoms with Crippen molar-refractivity contribution in [2.75, 3.05) is 45.8 Å². The Morgan fingerprint density at radius 2 is 1.71 bits per heavy atom. The lowest BCUT2D eigenvalue weighted by atomic mass is 9.98. The number of sulfonamides is 1. The zero-order valence-electron chi connectivity index (χ0n) is 16.5. The van der Waals surface area contributed by atoms with Crippen LogP contribution in [0.1, 0.15) is 32.1 Å². The summed E-state index contributed by atoms with van der Waals surface area (Å²) in [6, 6.07) is 8.55. The van der Waals surface area contributed by atoms with Crippen LogP contribution >= 0.6 is 0 Å². The van der Waals surface area contributed by atoms with Crippen LogP contribution in [0, 0.1) is 11.8 Å². The maximum atomic E-state index is 13.1. The zero-order valence-corrected chi connectivity index (χ0v) is 17.3. The van der Waals surface area contributed by atoms with Gasteiger partial charge >= 0.3 is 0 Å². The summed E-state index contributed by atoms with van der Waals surface area (Å²) in [5, 5.41) is 0. The van der Waals surface area contributed by atoms with Crippen molar-refractivity contribution in [3.63, 3.8) is 0 Å². The first-order chi connectivity index (χ1) is 13.5. The van der Waals surface area contributed by atoms with Gasteiger partial charge in [-0.25, -0.2) is 8.42 Å². The number of nitrogens with zero attached hydrogens (tertiary/aromatic N) is 3. The van der Waals surface area contributed by atoms with Crippen LogP contribution < -0.4 is 0 Å². The van der Waals surface area contributed by atoms with Crippen molar-refractivity contribution in [2.45, 2.75) is 37.0 Å². The summed E-state index contributed by atoms with van der Waals surface area (Å²) in [5.41, 5.74) is 0. The zero-order chi connectivity index (χ0) is 19.6. The van der Waals surface area contributed by atoms with Gasteiger partial charge in [-0.2, -0.15) is 4.31 Å². The summed E-state index contributed by atoms with van der Waals surface area (Å²) in [4.78, 5) is 17.9. The van der Waals surface area contributed by atoms with Crippen LogP contribution in [0.3, 0.4) is 0 Å². The Morgan fingerprint density at radius 1 is 0.929 bits per heavy atom. The molecule has 3 aliphatic rings.